The highest BCUT2D eigenvalue weighted by Gasteiger charge is 2.12. The Kier molecular flexibility index (Phi) is 3.38. The molecule has 4 N–H and O–H groups in total. The van der Waals surface area contributed by atoms with Crippen LogP contribution in [0.2, 0.25) is 0 Å². The summed E-state index contributed by atoms with van der Waals surface area (Å²) in [7, 11) is 0. The van der Waals surface area contributed by atoms with Crippen molar-refractivity contribution in [2.45, 2.75) is 40.0 Å². The average molecular weight is 196 g/mol. The van der Waals surface area contributed by atoms with E-state index in [9.17, 15) is 0 Å². The standard InChI is InChI=1S/C10H20N4/c1-4-5-9-13-8(6-7(2)3)10(11)14(9)12/h7H,4-6,11-12H2,1-3H3. The zero-order valence-electron chi connectivity index (χ0n) is 9.25. The fourth-order valence-corrected chi connectivity index (χ4v) is 1.48. The maximum Gasteiger partial charge on any atom is 0.145 e. The molecule has 4 heteroatoms. The number of nitrogens with zero attached hydrogens (tertiary/aromatic N) is 2. The molecule has 0 saturated carbocycles. The van der Waals surface area contributed by atoms with E-state index >= 15 is 0 Å². The topological polar surface area (TPSA) is 69.9 Å². The number of aromatic nitrogens is 2. The Morgan fingerprint density at radius 2 is 2.07 bits per heavy atom. The predicted molar refractivity (Wildman–Crippen MR) is 59.3 cm³/mol. The largest absolute Gasteiger partial charge is 0.382 e. The van der Waals surface area contributed by atoms with Gasteiger partial charge in [0.05, 0.1) is 5.69 Å². The Bertz CT molecular complexity index is 301. The molecule has 1 rings (SSSR count). The van der Waals surface area contributed by atoms with Crippen molar-refractivity contribution in [1.82, 2.24) is 9.66 Å². The Labute approximate surface area is 85.3 Å². The summed E-state index contributed by atoms with van der Waals surface area (Å²) in [5, 5.41) is 0. The minimum Gasteiger partial charge on any atom is -0.382 e. The first-order valence-electron chi connectivity index (χ1n) is 5.17. The smallest absolute Gasteiger partial charge is 0.145 e. The Balaban J connectivity index is 2.90. The second-order valence-electron chi connectivity index (χ2n) is 4.08. The van der Waals surface area contributed by atoms with Crippen molar-refractivity contribution in [3.05, 3.63) is 11.5 Å². The molecule has 0 bridgehead atoms. The first-order valence-corrected chi connectivity index (χ1v) is 5.17. The van der Waals surface area contributed by atoms with Gasteiger partial charge in [0.15, 0.2) is 0 Å². The molecular weight excluding hydrogens is 176 g/mol. The molecule has 0 saturated heterocycles. The van der Waals surface area contributed by atoms with E-state index in [-0.39, 0.29) is 0 Å². The van der Waals surface area contributed by atoms with Gasteiger partial charge in [-0.05, 0) is 18.8 Å². The van der Waals surface area contributed by atoms with Gasteiger partial charge in [-0.15, -0.1) is 0 Å². The van der Waals surface area contributed by atoms with Crippen LogP contribution in [-0.4, -0.2) is 9.66 Å². The molecular formula is C10H20N4. The zero-order valence-corrected chi connectivity index (χ0v) is 9.25. The molecule has 1 aromatic rings. The van der Waals surface area contributed by atoms with Gasteiger partial charge in [0.2, 0.25) is 0 Å². The highest BCUT2D eigenvalue weighted by Crippen LogP contribution is 2.16. The fraction of sp³-hybridized carbons (Fsp3) is 0.700. The first-order chi connectivity index (χ1) is 6.56. The summed E-state index contributed by atoms with van der Waals surface area (Å²) in [6, 6.07) is 0. The highest BCUT2D eigenvalue weighted by molar-refractivity contribution is 5.38. The molecule has 14 heavy (non-hydrogen) atoms. The number of hydrogen-bond donors (Lipinski definition) is 2. The summed E-state index contributed by atoms with van der Waals surface area (Å²) in [5.74, 6) is 7.85. The normalized spacial score (nSPS) is 11.1. The molecule has 1 aromatic heterocycles. The van der Waals surface area contributed by atoms with Crippen LogP contribution in [0.5, 0.6) is 0 Å². The van der Waals surface area contributed by atoms with Crippen LogP contribution in [0.3, 0.4) is 0 Å². The summed E-state index contributed by atoms with van der Waals surface area (Å²) in [6.45, 7) is 6.40. The third-order valence-electron chi connectivity index (χ3n) is 2.17. The van der Waals surface area contributed by atoms with Gasteiger partial charge in [0, 0.05) is 6.42 Å². The number of nitrogens with two attached hydrogens (primary N) is 2. The van der Waals surface area contributed by atoms with Crippen molar-refractivity contribution in [3.8, 4) is 0 Å². The van der Waals surface area contributed by atoms with E-state index in [1.165, 1.54) is 4.68 Å². The van der Waals surface area contributed by atoms with Crippen LogP contribution in [0.1, 0.15) is 38.7 Å². The summed E-state index contributed by atoms with van der Waals surface area (Å²) in [6.07, 6.45) is 2.82. The molecule has 0 unspecified atom stereocenters. The monoisotopic (exact) mass is 196 g/mol. The van der Waals surface area contributed by atoms with Crippen molar-refractivity contribution in [1.29, 1.82) is 0 Å². The van der Waals surface area contributed by atoms with Gasteiger partial charge in [-0.2, -0.15) is 0 Å². The minimum absolute atomic E-state index is 0.557. The van der Waals surface area contributed by atoms with E-state index in [0.29, 0.717) is 11.7 Å². The minimum atomic E-state index is 0.557. The molecule has 0 aliphatic heterocycles. The number of rotatable bonds is 4. The van der Waals surface area contributed by atoms with Crippen molar-refractivity contribution in [2.24, 2.45) is 5.92 Å². The van der Waals surface area contributed by atoms with Crippen molar-refractivity contribution in [3.63, 3.8) is 0 Å². The van der Waals surface area contributed by atoms with Crippen molar-refractivity contribution < 1.29 is 0 Å². The lowest BCUT2D eigenvalue weighted by atomic mass is 10.1. The Morgan fingerprint density at radius 3 is 2.57 bits per heavy atom. The lowest BCUT2D eigenvalue weighted by Gasteiger charge is -2.02. The second kappa shape index (κ2) is 4.35. The molecule has 0 spiro atoms. The van der Waals surface area contributed by atoms with Gasteiger partial charge in [-0.1, -0.05) is 20.8 Å². The SMILES string of the molecule is CCCc1nc(CC(C)C)c(N)n1N. The van der Waals surface area contributed by atoms with Gasteiger partial charge < -0.3 is 11.6 Å². The quantitative estimate of drug-likeness (QED) is 0.714. The lowest BCUT2D eigenvalue weighted by Crippen LogP contribution is -2.15. The molecule has 0 radical (unpaired) electrons. The number of anilines is 1. The number of hydrogen-bond acceptors (Lipinski definition) is 3. The van der Waals surface area contributed by atoms with Crippen LogP contribution in [0.4, 0.5) is 5.82 Å². The van der Waals surface area contributed by atoms with Gasteiger partial charge >= 0.3 is 0 Å². The van der Waals surface area contributed by atoms with Crippen molar-refractivity contribution >= 4 is 5.82 Å². The molecule has 0 amide bonds. The average Bonchev–Trinajstić information content (AvgIpc) is 2.34. The van der Waals surface area contributed by atoms with Gasteiger partial charge in [0.25, 0.3) is 0 Å². The highest BCUT2D eigenvalue weighted by atomic mass is 15.4. The van der Waals surface area contributed by atoms with E-state index < -0.39 is 0 Å². The number of nitrogen functional groups attached to an aromatic ring is 2. The van der Waals surface area contributed by atoms with Gasteiger partial charge in [-0.25, -0.2) is 9.66 Å². The van der Waals surface area contributed by atoms with Crippen LogP contribution in [0.25, 0.3) is 0 Å². The van der Waals surface area contributed by atoms with Crippen LogP contribution < -0.4 is 11.6 Å². The Morgan fingerprint density at radius 1 is 1.43 bits per heavy atom. The molecule has 0 fully saturated rings. The zero-order chi connectivity index (χ0) is 10.7. The van der Waals surface area contributed by atoms with E-state index in [1.807, 2.05) is 0 Å². The van der Waals surface area contributed by atoms with E-state index in [0.717, 1.165) is 30.8 Å². The Hall–Kier alpha value is -1.19. The molecule has 1 heterocycles. The molecule has 0 atom stereocenters. The number of imidazole rings is 1. The predicted octanol–water partition coefficient (Wildman–Crippen LogP) is 1.33. The van der Waals surface area contributed by atoms with Crippen LogP contribution in [-0.2, 0) is 12.8 Å². The van der Waals surface area contributed by atoms with E-state index in [2.05, 4.69) is 25.8 Å². The van der Waals surface area contributed by atoms with Gasteiger partial charge in [0.1, 0.15) is 11.6 Å². The third kappa shape index (κ3) is 2.19. The summed E-state index contributed by atoms with van der Waals surface area (Å²) >= 11 is 0. The summed E-state index contributed by atoms with van der Waals surface area (Å²) < 4.78 is 1.52. The first kappa shape index (κ1) is 10.9. The summed E-state index contributed by atoms with van der Waals surface area (Å²) in [5.41, 5.74) is 6.79. The van der Waals surface area contributed by atoms with Crippen LogP contribution in [0.15, 0.2) is 0 Å². The molecule has 0 aliphatic carbocycles. The van der Waals surface area contributed by atoms with Crippen molar-refractivity contribution in [2.75, 3.05) is 11.6 Å². The maximum atomic E-state index is 5.86. The lowest BCUT2D eigenvalue weighted by molar-refractivity contribution is 0.637. The van der Waals surface area contributed by atoms with Gasteiger partial charge in [-0.3, -0.25) is 0 Å². The molecule has 0 aromatic carbocycles. The number of aryl methyl sites for hydroxylation is 1. The maximum absolute atomic E-state index is 5.86. The fourth-order valence-electron chi connectivity index (χ4n) is 1.48. The van der Waals surface area contributed by atoms with E-state index in [1.54, 1.807) is 0 Å². The van der Waals surface area contributed by atoms with E-state index in [4.69, 9.17) is 11.6 Å². The molecule has 0 aliphatic rings. The molecule has 4 nitrogen and oxygen atoms in total. The second-order valence-corrected chi connectivity index (χ2v) is 4.08. The van der Waals surface area contributed by atoms with Crippen LogP contribution in [0, 0.1) is 5.92 Å². The third-order valence-corrected chi connectivity index (χ3v) is 2.17. The summed E-state index contributed by atoms with van der Waals surface area (Å²) in [4.78, 5) is 4.45. The molecule has 80 valence electrons. The van der Waals surface area contributed by atoms with Crippen LogP contribution >= 0.6 is 0 Å².